The fourth-order valence-electron chi connectivity index (χ4n) is 2.72. The molecule has 0 bridgehead atoms. The van der Waals surface area contributed by atoms with Crippen molar-refractivity contribution in [1.29, 1.82) is 0 Å². The Balaban J connectivity index is 0.00000147. The minimum absolute atomic E-state index is 0. The topological polar surface area (TPSA) is 32.3 Å². The van der Waals surface area contributed by atoms with Crippen molar-refractivity contribution in [2.45, 2.75) is 12.3 Å². The number of hydrogen-bond acceptors (Lipinski definition) is 2. The van der Waals surface area contributed by atoms with E-state index in [1.807, 2.05) is 18.2 Å². The molecule has 4 heteroatoms. The summed E-state index contributed by atoms with van der Waals surface area (Å²) in [5, 5.41) is 13.8. The number of fused-ring (bicyclic) bond motifs is 1. The number of benzene rings is 2. The summed E-state index contributed by atoms with van der Waals surface area (Å²) >= 11 is 6.02. The molecule has 0 aromatic heterocycles. The molecule has 0 saturated heterocycles. The van der Waals surface area contributed by atoms with Crippen LogP contribution in [0.15, 0.2) is 42.5 Å². The minimum atomic E-state index is 0. The first kappa shape index (κ1) is 15.2. The van der Waals surface area contributed by atoms with Crippen LogP contribution in [0, 0.1) is 0 Å². The van der Waals surface area contributed by atoms with E-state index in [2.05, 4.69) is 29.6 Å². The molecule has 1 atom stereocenters. The van der Waals surface area contributed by atoms with Crippen molar-refractivity contribution < 1.29 is 5.11 Å². The van der Waals surface area contributed by atoms with Crippen molar-refractivity contribution in [2.24, 2.45) is 0 Å². The van der Waals surface area contributed by atoms with Gasteiger partial charge in [0.1, 0.15) is 5.75 Å². The Kier molecular flexibility index (Phi) is 4.92. The summed E-state index contributed by atoms with van der Waals surface area (Å²) in [6.45, 7) is 1.83. The molecule has 0 fully saturated rings. The van der Waals surface area contributed by atoms with Crippen molar-refractivity contribution in [3.05, 3.63) is 64.2 Å². The molecule has 106 valence electrons. The van der Waals surface area contributed by atoms with Crippen LogP contribution < -0.4 is 5.32 Å². The third-order valence-corrected chi connectivity index (χ3v) is 4.01. The highest BCUT2D eigenvalue weighted by molar-refractivity contribution is 6.32. The fourth-order valence-corrected chi connectivity index (χ4v) is 2.91. The predicted molar refractivity (Wildman–Crippen MR) is 85.2 cm³/mol. The van der Waals surface area contributed by atoms with E-state index in [4.69, 9.17) is 11.6 Å². The summed E-state index contributed by atoms with van der Waals surface area (Å²) in [4.78, 5) is 0. The Labute approximate surface area is 130 Å². The summed E-state index contributed by atoms with van der Waals surface area (Å²) in [5.41, 5.74) is 3.67. The molecule has 20 heavy (non-hydrogen) atoms. The first-order valence-electron chi connectivity index (χ1n) is 6.52. The summed E-state index contributed by atoms with van der Waals surface area (Å²) in [7, 11) is 0. The zero-order chi connectivity index (χ0) is 13.2. The molecule has 0 radical (unpaired) electrons. The second kappa shape index (κ2) is 6.49. The van der Waals surface area contributed by atoms with Gasteiger partial charge in [0, 0.05) is 12.5 Å². The van der Waals surface area contributed by atoms with Gasteiger partial charge >= 0.3 is 0 Å². The lowest BCUT2D eigenvalue weighted by atomic mass is 9.88. The molecule has 0 spiro atoms. The van der Waals surface area contributed by atoms with Gasteiger partial charge in [-0.05, 0) is 41.8 Å². The van der Waals surface area contributed by atoms with Crippen LogP contribution in [0.3, 0.4) is 0 Å². The van der Waals surface area contributed by atoms with Crippen molar-refractivity contribution in [2.75, 3.05) is 13.1 Å². The largest absolute Gasteiger partial charge is 0.506 e. The highest BCUT2D eigenvalue weighted by Gasteiger charge is 2.21. The lowest BCUT2D eigenvalue weighted by Crippen LogP contribution is -2.20. The molecule has 1 heterocycles. The summed E-state index contributed by atoms with van der Waals surface area (Å²) in [6.07, 6.45) is 0.943. The number of phenols is 1. The van der Waals surface area contributed by atoms with Gasteiger partial charge in [-0.15, -0.1) is 12.4 Å². The van der Waals surface area contributed by atoms with Gasteiger partial charge in [-0.3, -0.25) is 0 Å². The van der Waals surface area contributed by atoms with Crippen molar-refractivity contribution >= 4 is 24.0 Å². The molecule has 1 unspecified atom stereocenters. The Bertz CT molecular complexity index is 587. The molecule has 1 aliphatic heterocycles. The molecule has 1 aliphatic rings. The van der Waals surface area contributed by atoms with E-state index < -0.39 is 0 Å². The Morgan fingerprint density at radius 2 is 1.90 bits per heavy atom. The molecular formula is C16H17Cl2NO. The zero-order valence-corrected chi connectivity index (χ0v) is 12.5. The van der Waals surface area contributed by atoms with E-state index in [0.717, 1.165) is 19.5 Å². The van der Waals surface area contributed by atoms with Gasteiger partial charge < -0.3 is 10.4 Å². The van der Waals surface area contributed by atoms with Crippen molar-refractivity contribution in [1.82, 2.24) is 5.32 Å². The lowest BCUT2D eigenvalue weighted by Gasteiger charge is -2.19. The number of hydrogen-bond donors (Lipinski definition) is 2. The maximum atomic E-state index is 9.88. The zero-order valence-electron chi connectivity index (χ0n) is 11.0. The van der Waals surface area contributed by atoms with Crippen LogP contribution in [0.1, 0.15) is 22.6 Å². The van der Waals surface area contributed by atoms with Gasteiger partial charge in [-0.2, -0.15) is 0 Å². The quantitative estimate of drug-likeness (QED) is 0.841. The first-order chi connectivity index (χ1) is 9.25. The smallest absolute Gasteiger partial charge is 0.134 e. The molecule has 2 N–H and O–H groups in total. The van der Waals surface area contributed by atoms with E-state index >= 15 is 0 Å². The summed E-state index contributed by atoms with van der Waals surface area (Å²) in [5.74, 6) is 0.435. The van der Waals surface area contributed by atoms with Crippen molar-refractivity contribution in [3.8, 4) is 5.75 Å². The average molecular weight is 310 g/mol. The van der Waals surface area contributed by atoms with Crippen LogP contribution in [0.25, 0.3) is 0 Å². The molecular weight excluding hydrogens is 293 g/mol. The van der Waals surface area contributed by atoms with Crippen molar-refractivity contribution in [3.63, 3.8) is 0 Å². The van der Waals surface area contributed by atoms with Crippen LogP contribution in [-0.2, 0) is 6.42 Å². The number of rotatable bonds is 1. The van der Waals surface area contributed by atoms with Gasteiger partial charge in [0.25, 0.3) is 0 Å². The molecule has 2 aromatic carbocycles. The first-order valence-corrected chi connectivity index (χ1v) is 6.90. The maximum absolute atomic E-state index is 9.88. The number of halogens is 2. The second-order valence-corrected chi connectivity index (χ2v) is 5.33. The SMILES string of the molecule is Cl.Oc1cc2c(cc1Cl)CCNCC2c1ccccc1. The van der Waals surface area contributed by atoms with E-state index in [1.165, 1.54) is 16.7 Å². The van der Waals surface area contributed by atoms with Crippen LogP contribution in [0.2, 0.25) is 5.02 Å². The van der Waals surface area contributed by atoms with Gasteiger partial charge in [0.15, 0.2) is 0 Å². The Morgan fingerprint density at radius 3 is 2.65 bits per heavy atom. The van der Waals surface area contributed by atoms with E-state index in [1.54, 1.807) is 0 Å². The highest BCUT2D eigenvalue weighted by atomic mass is 35.5. The summed E-state index contributed by atoms with van der Waals surface area (Å²) in [6, 6.07) is 14.1. The van der Waals surface area contributed by atoms with E-state index in [0.29, 0.717) is 5.02 Å². The molecule has 2 aromatic rings. The van der Waals surface area contributed by atoms with Crippen LogP contribution in [-0.4, -0.2) is 18.2 Å². The fraction of sp³-hybridized carbons (Fsp3) is 0.250. The van der Waals surface area contributed by atoms with E-state index in [9.17, 15) is 5.11 Å². The van der Waals surface area contributed by atoms with Crippen LogP contribution in [0.5, 0.6) is 5.75 Å². The molecule has 3 rings (SSSR count). The summed E-state index contributed by atoms with van der Waals surface area (Å²) < 4.78 is 0. The van der Waals surface area contributed by atoms with Gasteiger partial charge in [0.05, 0.1) is 5.02 Å². The van der Waals surface area contributed by atoms with Crippen LogP contribution >= 0.6 is 24.0 Å². The normalized spacial score (nSPS) is 17.8. The Hall–Kier alpha value is -1.22. The molecule has 0 aliphatic carbocycles. The second-order valence-electron chi connectivity index (χ2n) is 4.92. The average Bonchev–Trinajstić information content (AvgIpc) is 2.63. The third-order valence-electron chi connectivity index (χ3n) is 3.71. The lowest BCUT2D eigenvalue weighted by molar-refractivity contribution is 0.474. The number of nitrogens with one attached hydrogen (secondary N) is 1. The number of aromatic hydroxyl groups is 1. The maximum Gasteiger partial charge on any atom is 0.134 e. The minimum Gasteiger partial charge on any atom is -0.506 e. The standard InChI is InChI=1S/C16H16ClNO.ClH/c17-15-8-12-6-7-18-10-14(13(12)9-16(15)19)11-4-2-1-3-5-11;/h1-5,8-9,14,18-19H,6-7,10H2;1H. The third kappa shape index (κ3) is 2.93. The molecule has 0 amide bonds. The van der Waals surface area contributed by atoms with Gasteiger partial charge in [0.2, 0.25) is 0 Å². The predicted octanol–water partition coefficient (Wildman–Crippen LogP) is 3.75. The highest BCUT2D eigenvalue weighted by Crippen LogP contribution is 2.35. The number of phenolic OH excluding ortho intramolecular Hbond substituents is 1. The monoisotopic (exact) mass is 309 g/mol. The van der Waals surface area contributed by atoms with E-state index in [-0.39, 0.29) is 24.1 Å². The van der Waals surface area contributed by atoms with Gasteiger partial charge in [-0.25, -0.2) is 0 Å². The van der Waals surface area contributed by atoms with Gasteiger partial charge in [-0.1, -0.05) is 41.9 Å². The molecule has 2 nitrogen and oxygen atoms in total. The Morgan fingerprint density at radius 1 is 1.15 bits per heavy atom. The molecule has 0 saturated carbocycles. The van der Waals surface area contributed by atoms with Crippen LogP contribution in [0.4, 0.5) is 0 Å².